The first-order chi connectivity index (χ1) is 12.5. The van der Waals surface area contributed by atoms with E-state index in [4.69, 9.17) is 16.3 Å². The summed E-state index contributed by atoms with van der Waals surface area (Å²) in [5, 5.41) is 10.0. The minimum Gasteiger partial charge on any atom is -0.376 e. The van der Waals surface area contributed by atoms with Crippen molar-refractivity contribution in [2.45, 2.75) is 49.7 Å². The van der Waals surface area contributed by atoms with Gasteiger partial charge in [-0.1, -0.05) is 29.4 Å². The summed E-state index contributed by atoms with van der Waals surface area (Å²) in [5.74, 6) is -0.181. The Bertz CT molecular complexity index is 845. The first kappa shape index (κ1) is 19.0. The molecule has 0 aliphatic carbocycles. The van der Waals surface area contributed by atoms with E-state index in [1.165, 1.54) is 16.3 Å². The predicted molar refractivity (Wildman–Crippen MR) is 102 cm³/mol. The van der Waals surface area contributed by atoms with E-state index in [0.717, 1.165) is 25.0 Å². The fourth-order valence-corrected chi connectivity index (χ4v) is 3.77. The van der Waals surface area contributed by atoms with Crippen molar-refractivity contribution in [3.63, 3.8) is 0 Å². The van der Waals surface area contributed by atoms with Crippen molar-refractivity contribution in [3.05, 3.63) is 39.3 Å². The summed E-state index contributed by atoms with van der Waals surface area (Å²) in [4.78, 5) is 24.5. The Morgan fingerprint density at radius 2 is 2.38 bits per heavy atom. The second-order valence-corrected chi connectivity index (χ2v) is 7.93. The standard InChI is InChI=1S/C17H21ClN4O3S/c1-10-13(18)6-3-7-14(10)19-15(23)11(2)26-17-21-20-16(24)22(17)9-12-5-4-8-25-12/h3,6-7,11-12H,4-5,8-9H2,1-2H3,(H,19,23)(H,20,24)/t11-,12+/m1/s1. The minimum atomic E-state index is -0.438. The molecule has 2 aromatic rings. The first-order valence-electron chi connectivity index (χ1n) is 8.45. The summed E-state index contributed by atoms with van der Waals surface area (Å²) < 4.78 is 7.13. The van der Waals surface area contributed by atoms with Gasteiger partial charge >= 0.3 is 5.69 Å². The molecule has 2 N–H and O–H groups in total. The molecule has 1 saturated heterocycles. The molecule has 2 heterocycles. The average molecular weight is 397 g/mol. The molecule has 7 nitrogen and oxygen atoms in total. The van der Waals surface area contributed by atoms with Crippen LogP contribution in [0.4, 0.5) is 5.69 Å². The molecular formula is C17H21ClN4O3S. The van der Waals surface area contributed by atoms with E-state index < -0.39 is 5.25 Å². The van der Waals surface area contributed by atoms with Gasteiger partial charge in [0.25, 0.3) is 0 Å². The zero-order valence-electron chi connectivity index (χ0n) is 14.6. The van der Waals surface area contributed by atoms with E-state index in [9.17, 15) is 9.59 Å². The third kappa shape index (κ3) is 4.31. The molecule has 1 fully saturated rings. The van der Waals surface area contributed by atoms with Gasteiger partial charge in [-0.05, 0) is 44.4 Å². The zero-order valence-corrected chi connectivity index (χ0v) is 16.2. The topological polar surface area (TPSA) is 89.0 Å². The monoisotopic (exact) mass is 396 g/mol. The van der Waals surface area contributed by atoms with Gasteiger partial charge in [0, 0.05) is 17.3 Å². The summed E-state index contributed by atoms with van der Waals surface area (Å²) in [7, 11) is 0. The Hall–Kier alpha value is -1.77. The lowest BCUT2D eigenvalue weighted by Gasteiger charge is -2.15. The molecule has 26 heavy (non-hydrogen) atoms. The maximum absolute atomic E-state index is 12.5. The maximum Gasteiger partial charge on any atom is 0.344 e. The fourth-order valence-electron chi connectivity index (χ4n) is 2.74. The molecule has 1 aromatic heterocycles. The summed E-state index contributed by atoms with van der Waals surface area (Å²) in [6, 6.07) is 5.37. The number of hydrogen-bond donors (Lipinski definition) is 2. The van der Waals surface area contributed by atoms with Crippen molar-refractivity contribution in [1.29, 1.82) is 0 Å². The number of H-pyrrole nitrogens is 1. The molecule has 9 heteroatoms. The van der Waals surface area contributed by atoms with Gasteiger partial charge in [-0.2, -0.15) is 0 Å². The van der Waals surface area contributed by atoms with Gasteiger partial charge in [-0.25, -0.2) is 9.89 Å². The predicted octanol–water partition coefficient (Wildman–Crippen LogP) is 2.83. The molecule has 3 rings (SSSR count). The lowest BCUT2D eigenvalue weighted by Crippen LogP contribution is -2.27. The van der Waals surface area contributed by atoms with Crippen LogP contribution in [0.5, 0.6) is 0 Å². The molecule has 0 radical (unpaired) electrons. The van der Waals surface area contributed by atoms with Crippen LogP contribution in [0.2, 0.25) is 5.02 Å². The van der Waals surface area contributed by atoms with Crippen LogP contribution in [0.3, 0.4) is 0 Å². The molecule has 0 spiro atoms. The molecule has 140 valence electrons. The number of amides is 1. The number of nitrogens with zero attached hydrogens (tertiary/aromatic N) is 2. The number of anilines is 1. The Morgan fingerprint density at radius 1 is 1.58 bits per heavy atom. The third-order valence-corrected chi connectivity index (χ3v) is 5.81. The van der Waals surface area contributed by atoms with Crippen LogP contribution >= 0.6 is 23.4 Å². The lowest BCUT2D eigenvalue weighted by atomic mass is 10.2. The van der Waals surface area contributed by atoms with Crippen LogP contribution in [-0.2, 0) is 16.1 Å². The molecule has 1 aromatic carbocycles. The van der Waals surface area contributed by atoms with Crippen LogP contribution in [0.15, 0.2) is 28.2 Å². The molecular weight excluding hydrogens is 376 g/mol. The number of halogens is 1. The quantitative estimate of drug-likeness (QED) is 0.733. The molecule has 1 amide bonds. The number of ether oxygens (including phenoxy) is 1. The van der Waals surface area contributed by atoms with E-state index in [-0.39, 0.29) is 17.7 Å². The number of hydrogen-bond acceptors (Lipinski definition) is 5. The van der Waals surface area contributed by atoms with Crippen LogP contribution in [-0.4, -0.2) is 38.6 Å². The van der Waals surface area contributed by atoms with Gasteiger partial charge in [0.2, 0.25) is 5.91 Å². The van der Waals surface area contributed by atoms with E-state index in [1.807, 2.05) is 6.92 Å². The summed E-state index contributed by atoms with van der Waals surface area (Å²) in [5.41, 5.74) is 1.20. The van der Waals surface area contributed by atoms with Crippen molar-refractivity contribution in [2.75, 3.05) is 11.9 Å². The van der Waals surface area contributed by atoms with Crippen LogP contribution < -0.4 is 11.0 Å². The van der Waals surface area contributed by atoms with Gasteiger partial charge < -0.3 is 10.1 Å². The van der Waals surface area contributed by atoms with Crippen LogP contribution in [0.1, 0.15) is 25.3 Å². The Balaban J connectivity index is 1.67. The summed E-state index contributed by atoms with van der Waals surface area (Å²) in [6.45, 7) is 4.79. The van der Waals surface area contributed by atoms with Gasteiger partial charge in [-0.15, -0.1) is 5.10 Å². The second-order valence-electron chi connectivity index (χ2n) is 6.22. The van der Waals surface area contributed by atoms with Crippen molar-refractivity contribution >= 4 is 35.0 Å². The number of carbonyl (C=O) groups excluding carboxylic acids is 1. The zero-order chi connectivity index (χ0) is 18.7. The number of benzene rings is 1. The highest BCUT2D eigenvalue weighted by atomic mass is 35.5. The molecule has 1 aliphatic heterocycles. The second kappa shape index (κ2) is 8.28. The Morgan fingerprint density at radius 3 is 3.12 bits per heavy atom. The molecule has 2 atom stereocenters. The highest BCUT2D eigenvalue weighted by Gasteiger charge is 2.23. The summed E-state index contributed by atoms with van der Waals surface area (Å²) >= 11 is 7.32. The first-order valence-corrected chi connectivity index (χ1v) is 9.71. The molecule has 0 bridgehead atoms. The Labute approximate surface area is 160 Å². The van der Waals surface area contributed by atoms with Gasteiger partial charge in [0.15, 0.2) is 5.16 Å². The third-order valence-electron chi connectivity index (χ3n) is 4.31. The van der Waals surface area contributed by atoms with Crippen LogP contribution in [0.25, 0.3) is 0 Å². The molecule has 0 saturated carbocycles. The number of carbonyl (C=O) groups is 1. The average Bonchev–Trinajstić information content (AvgIpc) is 3.24. The number of nitrogens with one attached hydrogen (secondary N) is 2. The van der Waals surface area contributed by atoms with E-state index in [0.29, 0.717) is 22.4 Å². The van der Waals surface area contributed by atoms with Gasteiger partial charge in [0.1, 0.15) is 0 Å². The van der Waals surface area contributed by atoms with E-state index >= 15 is 0 Å². The van der Waals surface area contributed by atoms with Crippen LogP contribution in [0, 0.1) is 6.92 Å². The van der Waals surface area contributed by atoms with Crippen molar-refractivity contribution in [3.8, 4) is 0 Å². The van der Waals surface area contributed by atoms with Gasteiger partial charge in [0.05, 0.1) is 17.9 Å². The van der Waals surface area contributed by atoms with Gasteiger partial charge in [-0.3, -0.25) is 9.36 Å². The van der Waals surface area contributed by atoms with E-state index in [1.54, 1.807) is 25.1 Å². The lowest BCUT2D eigenvalue weighted by molar-refractivity contribution is -0.115. The number of aromatic amines is 1. The highest BCUT2D eigenvalue weighted by Crippen LogP contribution is 2.26. The summed E-state index contributed by atoms with van der Waals surface area (Å²) in [6.07, 6.45) is 1.94. The normalized spacial score (nSPS) is 18.0. The number of thioether (sulfide) groups is 1. The molecule has 0 unspecified atom stereocenters. The minimum absolute atomic E-state index is 0.0166. The SMILES string of the molecule is Cc1c(Cl)cccc1NC(=O)[C@@H](C)Sc1n[nH]c(=O)n1C[C@@H]1CCCO1. The number of aromatic nitrogens is 3. The number of rotatable bonds is 6. The Kier molecular flexibility index (Phi) is 6.05. The molecule has 1 aliphatic rings. The van der Waals surface area contributed by atoms with Crippen molar-refractivity contribution < 1.29 is 9.53 Å². The van der Waals surface area contributed by atoms with Crippen molar-refractivity contribution in [2.24, 2.45) is 0 Å². The van der Waals surface area contributed by atoms with Crippen molar-refractivity contribution in [1.82, 2.24) is 14.8 Å². The smallest absolute Gasteiger partial charge is 0.344 e. The maximum atomic E-state index is 12.5. The fraction of sp³-hybridized carbons (Fsp3) is 0.471. The largest absolute Gasteiger partial charge is 0.376 e. The van der Waals surface area contributed by atoms with E-state index in [2.05, 4.69) is 15.5 Å². The highest BCUT2D eigenvalue weighted by molar-refractivity contribution is 8.00.